The van der Waals surface area contributed by atoms with Gasteiger partial charge in [-0.15, -0.1) is 0 Å². The minimum Gasteiger partial charge on any atom is -0.396 e. The zero-order valence-corrected chi connectivity index (χ0v) is 6.92. The van der Waals surface area contributed by atoms with E-state index in [9.17, 15) is 0 Å². The van der Waals surface area contributed by atoms with Crippen LogP contribution in [0.1, 0.15) is 32.1 Å². The van der Waals surface area contributed by atoms with Crippen LogP contribution in [0.3, 0.4) is 0 Å². The first-order chi connectivity index (χ1) is 5.43. The molecule has 0 aromatic carbocycles. The molecule has 1 heteroatoms. The van der Waals surface area contributed by atoms with Crippen LogP contribution in [-0.2, 0) is 0 Å². The quantitative estimate of drug-likeness (QED) is 0.658. The summed E-state index contributed by atoms with van der Waals surface area (Å²) in [7, 11) is 0. The average Bonchev–Trinajstić information content (AvgIpc) is 2.28. The third-order valence-corrected chi connectivity index (χ3v) is 1.99. The Labute approximate surface area is 68.4 Å². The summed E-state index contributed by atoms with van der Waals surface area (Å²) in [5, 5.41) is 8.62. The van der Waals surface area contributed by atoms with Crippen molar-refractivity contribution < 1.29 is 5.11 Å². The number of rotatable bonds is 3. The highest BCUT2D eigenvalue weighted by molar-refractivity contribution is 5.14. The van der Waals surface area contributed by atoms with Gasteiger partial charge in [-0.25, -0.2) is 0 Å². The van der Waals surface area contributed by atoms with Gasteiger partial charge in [-0.3, -0.25) is 0 Å². The van der Waals surface area contributed by atoms with Gasteiger partial charge in [0.15, 0.2) is 0 Å². The molecule has 0 heterocycles. The van der Waals surface area contributed by atoms with Gasteiger partial charge in [0.1, 0.15) is 0 Å². The number of allylic oxidation sites excluding steroid dienone is 4. The second-order valence-electron chi connectivity index (χ2n) is 2.97. The average molecular weight is 152 g/mol. The molecule has 0 radical (unpaired) electrons. The van der Waals surface area contributed by atoms with Gasteiger partial charge in [-0.2, -0.15) is 0 Å². The van der Waals surface area contributed by atoms with Crippen molar-refractivity contribution >= 4 is 0 Å². The fourth-order valence-corrected chi connectivity index (χ4v) is 1.35. The van der Waals surface area contributed by atoms with Crippen LogP contribution in [0.4, 0.5) is 0 Å². The molecule has 0 aliphatic heterocycles. The predicted octanol–water partition coefficient (Wildman–Crippen LogP) is 2.43. The Morgan fingerprint density at radius 1 is 1.45 bits per heavy atom. The number of hydrogen-bond donors (Lipinski definition) is 1. The van der Waals surface area contributed by atoms with E-state index in [1.54, 1.807) is 0 Å². The van der Waals surface area contributed by atoms with Crippen molar-refractivity contribution in [3.05, 3.63) is 23.8 Å². The molecule has 0 bridgehead atoms. The van der Waals surface area contributed by atoms with Gasteiger partial charge in [0.25, 0.3) is 0 Å². The first-order valence-corrected chi connectivity index (χ1v) is 4.39. The van der Waals surface area contributed by atoms with Crippen molar-refractivity contribution in [2.45, 2.75) is 32.1 Å². The first-order valence-electron chi connectivity index (χ1n) is 4.39. The monoisotopic (exact) mass is 152 g/mol. The second-order valence-corrected chi connectivity index (χ2v) is 2.97. The van der Waals surface area contributed by atoms with Crippen LogP contribution >= 0.6 is 0 Å². The summed E-state index contributed by atoms with van der Waals surface area (Å²) in [6.45, 7) is 0.320. The molecule has 1 aliphatic rings. The van der Waals surface area contributed by atoms with Gasteiger partial charge in [0, 0.05) is 6.61 Å². The Hall–Kier alpha value is -0.560. The summed E-state index contributed by atoms with van der Waals surface area (Å²) < 4.78 is 0. The molecule has 0 unspecified atom stereocenters. The zero-order chi connectivity index (χ0) is 7.94. The molecule has 0 atom stereocenters. The van der Waals surface area contributed by atoms with Crippen LogP contribution in [0.15, 0.2) is 23.8 Å². The molecule has 62 valence electrons. The number of hydrogen-bond acceptors (Lipinski definition) is 1. The van der Waals surface area contributed by atoms with Crippen LogP contribution in [-0.4, -0.2) is 11.7 Å². The second kappa shape index (κ2) is 5.14. The smallest absolute Gasteiger partial charge is 0.0434 e. The van der Waals surface area contributed by atoms with E-state index in [4.69, 9.17) is 5.11 Å². The zero-order valence-electron chi connectivity index (χ0n) is 6.92. The maximum absolute atomic E-state index is 8.62. The van der Waals surface area contributed by atoms with Gasteiger partial charge in [0.2, 0.25) is 0 Å². The molecule has 0 spiro atoms. The normalized spacial score (nSPS) is 17.7. The van der Waals surface area contributed by atoms with Gasteiger partial charge in [-0.05, 0) is 32.1 Å². The molecule has 1 N–H and O–H groups in total. The lowest BCUT2D eigenvalue weighted by Crippen LogP contribution is -1.87. The van der Waals surface area contributed by atoms with Crippen LogP contribution in [0, 0.1) is 0 Å². The lowest BCUT2D eigenvalue weighted by molar-refractivity contribution is 0.288. The van der Waals surface area contributed by atoms with Crippen LogP contribution in [0.2, 0.25) is 0 Å². The third kappa shape index (κ3) is 3.38. The molecule has 0 aromatic heterocycles. The summed E-state index contributed by atoms with van der Waals surface area (Å²) in [6, 6.07) is 0. The van der Waals surface area contributed by atoms with Gasteiger partial charge < -0.3 is 5.11 Å². The summed E-state index contributed by atoms with van der Waals surface area (Å²) in [4.78, 5) is 0. The van der Waals surface area contributed by atoms with E-state index in [2.05, 4.69) is 18.2 Å². The van der Waals surface area contributed by atoms with Gasteiger partial charge in [-0.1, -0.05) is 23.8 Å². The highest BCUT2D eigenvalue weighted by Gasteiger charge is 1.98. The van der Waals surface area contributed by atoms with Crippen LogP contribution < -0.4 is 0 Å². The van der Waals surface area contributed by atoms with E-state index in [0.717, 1.165) is 12.8 Å². The van der Waals surface area contributed by atoms with E-state index in [1.807, 2.05) is 0 Å². The summed E-state index contributed by atoms with van der Waals surface area (Å²) in [5.74, 6) is 0. The van der Waals surface area contributed by atoms with Crippen molar-refractivity contribution in [2.24, 2.45) is 0 Å². The van der Waals surface area contributed by atoms with E-state index in [0.29, 0.717) is 6.61 Å². The molecule has 0 aromatic rings. The molecular formula is C10H16O. The standard InChI is InChI=1S/C10H16O/c11-9-5-8-10-6-3-1-2-4-7-10/h1,3,6,11H,2,4-5,7-9H2. The highest BCUT2D eigenvalue weighted by Crippen LogP contribution is 2.16. The minimum atomic E-state index is 0.320. The van der Waals surface area contributed by atoms with Crippen molar-refractivity contribution in [2.75, 3.05) is 6.61 Å². The lowest BCUT2D eigenvalue weighted by Gasteiger charge is -2.02. The number of aliphatic hydroxyl groups is 1. The Morgan fingerprint density at radius 3 is 3.18 bits per heavy atom. The Kier molecular flexibility index (Phi) is 3.99. The Bertz CT molecular complexity index is 156. The lowest BCUT2D eigenvalue weighted by atomic mass is 10.1. The van der Waals surface area contributed by atoms with Crippen molar-refractivity contribution in [3.63, 3.8) is 0 Å². The molecule has 0 saturated heterocycles. The molecule has 1 rings (SSSR count). The topological polar surface area (TPSA) is 20.2 Å². The minimum absolute atomic E-state index is 0.320. The summed E-state index contributed by atoms with van der Waals surface area (Å²) >= 11 is 0. The number of aliphatic hydroxyl groups excluding tert-OH is 1. The van der Waals surface area contributed by atoms with E-state index < -0.39 is 0 Å². The van der Waals surface area contributed by atoms with Gasteiger partial charge >= 0.3 is 0 Å². The molecule has 1 nitrogen and oxygen atoms in total. The van der Waals surface area contributed by atoms with Crippen LogP contribution in [0.5, 0.6) is 0 Å². The molecular weight excluding hydrogens is 136 g/mol. The van der Waals surface area contributed by atoms with Gasteiger partial charge in [0.05, 0.1) is 0 Å². The third-order valence-electron chi connectivity index (χ3n) is 1.99. The fraction of sp³-hybridized carbons (Fsp3) is 0.600. The SMILES string of the molecule is OCCCC1=CC=CCCC1. The predicted molar refractivity (Wildman–Crippen MR) is 47.4 cm³/mol. The molecule has 0 saturated carbocycles. The fourth-order valence-electron chi connectivity index (χ4n) is 1.35. The maximum atomic E-state index is 8.62. The summed E-state index contributed by atoms with van der Waals surface area (Å²) in [5.41, 5.74) is 1.49. The van der Waals surface area contributed by atoms with E-state index in [1.165, 1.54) is 24.8 Å². The molecule has 11 heavy (non-hydrogen) atoms. The Morgan fingerprint density at radius 2 is 2.36 bits per heavy atom. The first kappa shape index (κ1) is 8.54. The van der Waals surface area contributed by atoms with Crippen LogP contribution in [0.25, 0.3) is 0 Å². The summed E-state index contributed by atoms with van der Waals surface area (Å²) in [6.07, 6.45) is 12.2. The molecule has 0 amide bonds. The maximum Gasteiger partial charge on any atom is 0.0434 e. The molecule has 0 fully saturated rings. The van der Waals surface area contributed by atoms with Crippen molar-refractivity contribution in [1.29, 1.82) is 0 Å². The highest BCUT2D eigenvalue weighted by atomic mass is 16.2. The van der Waals surface area contributed by atoms with Crippen molar-refractivity contribution in [3.8, 4) is 0 Å². The van der Waals surface area contributed by atoms with Crippen molar-refractivity contribution in [1.82, 2.24) is 0 Å². The van der Waals surface area contributed by atoms with E-state index >= 15 is 0 Å². The van der Waals surface area contributed by atoms with E-state index in [-0.39, 0.29) is 0 Å². The molecule has 1 aliphatic carbocycles. The largest absolute Gasteiger partial charge is 0.396 e. The Balaban J connectivity index is 2.30.